The van der Waals surface area contributed by atoms with Crippen LogP contribution in [-0.4, -0.2) is 12.1 Å². The number of benzene rings is 2. The number of rotatable bonds is 4. The second-order valence-electron chi connectivity index (χ2n) is 5.73. The summed E-state index contributed by atoms with van der Waals surface area (Å²) in [6, 6.07) is 20.1. The molecule has 0 amide bonds. The van der Waals surface area contributed by atoms with Crippen molar-refractivity contribution in [2.75, 3.05) is 5.32 Å². The van der Waals surface area contributed by atoms with E-state index in [1.54, 1.807) is 0 Å². The molecule has 2 unspecified atom stereocenters. The molecule has 2 aromatic rings. The Hall–Kier alpha value is -1.80. The van der Waals surface area contributed by atoms with Crippen molar-refractivity contribution in [2.24, 2.45) is 5.73 Å². The van der Waals surface area contributed by atoms with Crippen LogP contribution in [0.25, 0.3) is 0 Å². The van der Waals surface area contributed by atoms with E-state index < -0.39 is 0 Å². The molecule has 0 radical (unpaired) electrons. The minimum Gasteiger partial charge on any atom is -0.382 e. The van der Waals surface area contributed by atoms with Crippen molar-refractivity contribution in [3.8, 4) is 0 Å². The Morgan fingerprint density at radius 3 is 2.45 bits per heavy atom. The molecule has 0 aliphatic heterocycles. The third-order valence-corrected chi connectivity index (χ3v) is 4.09. The molecule has 0 heterocycles. The average molecular weight is 266 g/mol. The zero-order chi connectivity index (χ0) is 13.8. The largest absolute Gasteiger partial charge is 0.382 e. The lowest BCUT2D eigenvalue weighted by molar-refractivity contribution is 0.687. The van der Waals surface area contributed by atoms with Crippen LogP contribution in [0, 0.1) is 0 Å². The highest BCUT2D eigenvalue weighted by Crippen LogP contribution is 2.25. The molecular weight excluding hydrogens is 244 g/mol. The molecule has 2 atom stereocenters. The van der Waals surface area contributed by atoms with Gasteiger partial charge >= 0.3 is 0 Å². The predicted molar refractivity (Wildman–Crippen MR) is 84.9 cm³/mol. The highest BCUT2D eigenvalue weighted by molar-refractivity contribution is 5.53. The van der Waals surface area contributed by atoms with E-state index in [9.17, 15) is 0 Å². The first-order valence-electron chi connectivity index (χ1n) is 7.45. The van der Waals surface area contributed by atoms with Crippen LogP contribution in [0.3, 0.4) is 0 Å². The SMILES string of the molecule is NC1CCC(Nc2ccccc2Cc2ccccc2)C1. The zero-order valence-electron chi connectivity index (χ0n) is 11.8. The van der Waals surface area contributed by atoms with Gasteiger partial charge in [-0.3, -0.25) is 0 Å². The Kier molecular flexibility index (Phi) is 4.03. The number of nitrogens with two attached hydrogens (primary N) is 1. The molecule has 0 spiro atoms. The Bertz CT molecular complexity index is 550. The van der Waals surface area contributed by atoms with Crippen LogP contribution < -0.4 is 11.1 Å². The second-order valence-corrected chi connectivity index (χ2v) is 5.73. The maximum atomic E-state index is 6.00. The summed E-state index contributed by atoms with van der Waals surface area (Å²) in [6.45, 7) is 0. The normalized spacial score (nSPS) is 21.9. The maximum Gasteiger partial charge on any atom is 0.0378 e. The van der Waals surface area contributed by atoms with Crippen LogP contribution >= 0.6 is 0 Å². The Morgan fingerprint density at radius 2 is 1.70 bits per heavy atom. The number of para-hydroxylation sites is 1. The van der Waals surface area contributed by atoms with Gasteiger partial charge in [0.25, 0.3) is 0 Å². The summed E-state index contributed by atoms with van der Waals surface area (Å²) in [6.07, 6.45) is 4.38. The summed E-state index contributed by atoms with van der Waals surface area (Å²) in [4.78, 5) is 0. The van der Waals surface area contributed by atoms with Gasteiger partial charge in [-0.1, -0.05) is 48.5 Å². The standard InChI is InChI=1S/C18H22N2/c19-16-10-11-17(13-16)20-18-9-5-4-8-15(18)12-14-6-2-1-3-7-14/h1-9,16-17,20H,10-13,19H2. The fourth-order valence-electron chi connectivity index (χ4n) is 3.00. The summed E-state index contributed by atoms with van der Waals surface area (Å²) in [5, 5.41) is 3.68. The fourth-order valence-corrected chi connectivity index (χ4v) is 3.00. The van der Waals surface area contributed by atoms with Crippen LogP contribution in [-0.2, 0) is 6.42 Å². The first kappa shape index (κ1) is 13.2. The molecule has 2 heteroatoms. The van der Waals surface area contributed by atoms with Gasteiger partial charge in [0, 0.05) is 17.8 Å². The lowest BCUT2D eigenvalue weighted by Gasteiger charge is -2.17. The molecule has 0 aromatic heterocycles. The molecule has 1 aliphatic carbocycles. The molecule has 20 heavy (non-hydrogen) atoms. The molecule has 2 nitrogen and oxygen atoms in total. The minimum atomic E-state index is 0.369. The van der Waals surface area contributed by atoms with Crippen molar-refractivity contribution in [3.63, 3.8) is 0 Å². The van der Waals surface area contributed by atoms with Crippen molar-refractivity contribution >= 4 is 5.69 Å². The Morgan fingerprint density at radius 1 is 0.950 bits per heavy atom. The van der Waals surface area contributed by atoms with Gasteiger partial charge in [0.2, 0.25) is 0 Å². The van der Waals surface area contributed by atoms with E-state index in [1.807, 2.05) is 0 Å². The van der Waals surface area contributed by atoms with Crippen LogP contribution in [0.5, 0.6) is 0 Å². The first-order chi connectivity index (χ1) is 9.81. The average Bonchev–Trinajstić information content (AvgIpc) is 2.88. The van der Waals surface area contributed by atoms with Gasteiger partial charge in [-0.2, -0.15) is 0 Å². The van der Waals surface area contributed by atoms with Gasteiger partial charge in [0.05, 0.1) is 0 Å². The number of anilines is 1. The lowest BCUT2D eigenvalue weighted by atomic mass is 10.0. The van der Waals surface area contributed by atoms with Crippen LogP contribution in [0.2, 0.25) is 0 Å². The smallest absolute Gasteiger partial charge is 0.0378 e. The van der Waals surface area contributed by atoms with Crippen molar-refractivity contribution < 1.29 is 0 Å². The van der Waals surface area contributed by atoms with E-state index in [2.05, 4.69) is 59.9 Å². The summed E-state index contributed by atoms with van der Waals surface area (Å²) in [7, 11) is 0. The minimum absolute atomic E-state index is 0.369. The van der Waals surface area contributed by atoms with Gasteiger partial charge in [0.15, 0.2) is 0 Å². The van der Waals surface area contributed by atoms with E-state index >= 15 is 0 Å². The summed E-state index contributed by atoms with van der Waals surface area (Å²) in [5.41, 5.74) is 9.97. The fraction of sp³-hybridized carbons (Fsp3) is 0.333. The van der Waals surface area contributed by atoms with E-state index in [0.717, 1.165) is 19.3 Å². The van der Waals surface area contributed by atoms with Crippen molar-refractivity contribution in [3.05, 3.63) is 65.7 Å². The third kappa shape index (κ3) is 3.20. The topological polar surface area (TPSA) is 38.0 Å². The lowest BCUT2D eigenvalue weighted by Crippen LogP contribution is -2.21. The van der Waals surface area contributed by atoms with Crippen molar-refractivity contribution in [1.29, 1.82) is 0 Å². The molecule has 0 bridgehead atoms. The Balaban J connectivity index is 1.74. The summed E-state index contributed by atoms with van der Waals surface area (Å²) >= 11 is 0. The van der Waals surface area contributed by atoms with Gasteiger partial charge in [-0.25, -0.2) is 0 Å². The molecule has 1 saturated carbocycles. The zero-order valence-corrected chi connectivity index (χ0v) is 11.8. The number of nitrogens with one attached hydrogen (secondary N) is 1. The van der Waals surface area contributed by atoms with Crippen molar-refractivity contribution in [1.82, 2.24) is 0 Å². The highest BCUT2D eigenvalue weighted by atomic mass is 14.9. The molecule has 1 fully saturated rings. The molecule has 0 saturated heterocycles. The van der Waals surface area contributed by atoms with Gasteiger partial charge in [-0.15, -0.1) is 0 Å². The van der Waals surface area contributed by atoms with Gasteiger partial charge in [0.1, 0.15) is 0 Å². The van der Waals surface area contributed by atoms with Crippen LogP contribution in [0.4, 0.5) is 5.69 Å². The monoisotopic (exact) mass is 266 g/mol. The van der Waals surface area contributed by atoms with Crippen LogP contribution in [0.1, 0.15) is 30.4 Å². The second kappa shape index (κ2) is 6.10. The number of hydrogen-bond acceptors (Lipinski definition) is 2. The first-order valence-corrected chi connectivity index (χ1v) is 7.45. The highest BCUT2D eigenvalue weighted by Gasteiger charge is 2.21. The molecule has 104 valence electrons. The molecule has 3 rings (SSSR count). The maximum absolute atomic E-state index is 6.00. The van der Waals surface area contributed by atoms with E-state index in [0.29, 0.717) is 12.1 Å². The quantitative estimate of drug-likeness (QED) is 0.888. The Labute approximate surface area is 121 Å². The van der Waals surface area contributed by atoms with Gasteiger partial charge < -0.3 is 11.1 Å². The molecule has 1 aliphatic rings. The van der Waals surface area contributed by atoms with E-state index in [4.69, 9.17) is 5.73 Å². The molecule has 2 aromatic carbocycles. The van der Waals surface area contributed by atoms with Crippen molar-refractivity contribution in [2.45, 2.75) is 37.8 Å². The van der Waals surface area contributed by atoms with Gasteiger partial charge in [-0.05, 0) is 42.9 Å². The summed E-state index contributed by atoms with van der Waals surface area (Å²) in [5.74, 6) is 0. The molecule has 3 N–H and O–H groups in total. The number of hydrogen-bond donors (Lipinski definition) is 2. The molecular formula is C18H22N2. The van der Waals surface area contributed by atoms with E-state index in [1.165, 1.54) is 23.2 Å². The summed E-state index contributed by atoms with van der Waals surface area (Å²) < 4.78 is 0. The van der Waals surface area contributed by atoms with E-state index in [-0.39, 0.29) is 0 Å². The van der Waals surface area contributed by atoms with Crippen LogP contribution in [0.15, 0.2) is 54.6 Å². The third-order valence-electron chi connectivity index (χ3n) is 4.09. The predicted octanol–water partition coefficient (Wildman–Crippen LogP) is 3.57.